The van der Waals surface area contributed by atoms with E-state index in [4.69, 9.17) is 0 Å². The van der Waals surface area contributed by atoms with Crippen molar-refractivity contribution >= 4 is 90.9 Å². The summed E-state index contributed by atoms with van der Waals surface area (Å²) in [6, 6.07) is 73.4. The zero-order valence-corrected chi connectivity index (χ0v) is 31.4. The first kappa shape index (κ1) is 32.0. The molecule has 0 bridgehead atoms. The second kappa shape index (κ2) is 13.1. The molecule has 3 heteroatoms. The van der Waals surface area contributed by atoms with Crippen LogP contribution in [0, 0.1) is 0 Å². The van der Waals surface area contributed by atoms with Crippen LogP contribution in [0.15, 0.2) is 200 Å². The second-order valence-electron chi connectivity index (χ2n) is 14.1. The monoisotopic (exact) mass is 735 g/mol. The minimum atomic E-state index is 1.11. The maximum atomic E-state index is 2.41. The molecule has 0 atom stereocenters. The van der Waals surface area contributed by atoms with E-state index in [-0.39, 0.29) is 0 Å². The molecule has 0 amide bonds. The van der Waals surface area contributed by atoms with Crippen LogP contribution < -0.4 is 4.90 Å². The molecule has 0 N–H and O–H groups in total. The smallest absolute Gasteiger partial charge is 0.0467 e. The number of nitrogens with zero attached hydrogens (tertiary/aromatic N) is 1. The minimum Gasteiger partial charge on any atom is -0.310 e. The highest BCUT2D eigenvalue weighted by Crippen LogP contribution is 2.44. The molecule has 11 rings (SSSR count). The fourth-order valence-corrected chi connectivity index (χ4v) is 10.6. The van der Waals surface area contributed by atoms with Crippen LogP contribution in [0.1, 0.15) is 0 Å². The minimum absolute atomic E-state index is 1.11. The Kier molecular flexibility index (Phi) is 7.61. The van der Waals surface area contributed by atoms with E-state index in [0.29, 0.717) is 0 Å². The van der Waals surface area contributed by atoms with Crippen LogP contribution in [-0.2, 0) is 0 Å². The molecule has 0 fully saturated rings. The molecular formula is C52H33NS2. The summed E-state index contributed by atoms with van der Waals surface area (Å²) >= 11 is 3.75. The Balaban J connectivity index is 1.06. The van der Waals surface area contributed by atoms with Gasteiger partial charge in [-0.1, -0.05) is 140 Å². The molecule has 0 spiro atoms. The number of benzene rings is 9. The molecule has 0 saturated heterocycles. The van der Waals surface area contributed by atoms with Crippen molar-refractivity contribution in [3.05, 3.63) is 200 Å². The van der Waals surface area contributed by atoms with Crippen LogP contribution >= 0.6 is 22.7 Å². The third-order valence-electron chi connectivity index (χ3n) is 10.8. The summed E-state index contributed by atoms with van der Waals surface area (Å²) in [6.07, 6.45) is 0. The lowest BCUT2D eigenvalue weighted by molar-refractivity contribution is 1.28. The molecular weight excluding hydrogens is 703 g/mol. The Morgan fingerprint density at radius 2 is 0.891 bits per heavy atom. The summed E-state index contributed by atoms with van der Waals surface area (Å²) in [5, 5.41) is 7.77. The first-order chi connectivity index (χ1) is 27.2. The Labute approximate surface area is 327 Å². The number of fused-ring (bicyclic) bond motifs is 7. The van der Waals surface area contributed by atoms with Crippen molar-refractivity contribution in [3.8, 4) is 33.4 Å². The summed E-state index contributed by atoms with van der Waals surface area (Å²) in [5.41, 5.74) is 10.7. The van der Waals surface area contributed by atoms with Gasteiger partial charge in [-0.15, -0.1) is 22.7 Å². The zero-order chi connectivity index (χ0) is 36.3. The summed E-state index contributed by atoms with van der Waals surface area (Å²) in [6.45, 7) is 0. The first-order valence-electron chi connectivity index (χ1n) is 18.7. The molecule has 0 radical (unpaired) electrons. The van der Waals surface area contributed by atoms with Crippen molar-refractivity contribution in [1.82, 2.24) is 0 Å². The summed E-state index contributed by atoms with van der Waals surface area (Å²) < 4.78 is 5.29. The maximum Gasteiger partial charge on any atom is 0.0467 e. The molecule has 2 heterocycles. The van der Waals surface area contributed by atoms with E-state index in [1.165, 1.54) is 84.5 Å². The van der Waals surface area contributed by atoms with E-state index in [1.54, 1.807) is 0 Å². The number of hydrogen-bond donors (Lipinski definition) is 0. The molecule has 9 aromatic carbocycles. The summed E-state index contributed by atoms with van der Waals surface area (Å²) in [4.78, 5) is 2.41. The van der Waals surface area contributed by atoms with Gasteiger partial charge in [0.05, 0.1) is 0 Å². The van der Waals surface area contributed by atoms with Gasteiger partial charge in [-0.05, 0) is 105 Å². The molecule has 0 unspecified atom stereocenters. The molecule has 55 heavy (non-hydrogen) atoms. The quantitative estimate of drug-likeness (QED) is 0.164. The van der Waals surface area contributed by atoms with Crippen LogP contribution in [0.4, 0.5) is 17.1 Å². The van der Waals surface area contributed by atoms with Crippen molar-refractivity contribution in [3.63, 3.8) is 0 Å². The van der Waals surface area contributed by atoms with Gasteiger partial charge in [0.2, 0.25) is 0 Å². The third-order valence-corrected chi connectivity index (χ3v) is 13.2. The molecule has 258 valence electrons. The van der Waals surface area contributed by atoms with Gasteiger partial charge in [-0.2, -0.15) is 0 Å². The van der Waals surface area contributed by atoms with E-state index in [1.807, 2.05) is 22.7 Å². The number of rotatable bonds is 6. The average molecular weight is 736 g/mol. The van der Waals surface area contributed by atoms with Gasteiger partial charge >= 0.3 is 0 Å². The lowest BCUT2D eigenvalue weighted by Crippen LogP contribution is -2.10. The van der Waals surface area contributed by atoms with Gasteiger partial charge in [-0.3, -0.25) is 0 Å². The normalized spacial score (nSPS) is 11.6. The van der Waals surface area contributed by atoms with Gasteiger partial charge in [-0.25, -0.2) is 0 Å². The Bertz CT molecular complexity index is 3220. The number of hydrogen-bond acceptors (Lipinski definition) is 3. The summed E-state index contributed by atoms with van der Waals surface area (Å²) in [7, 11) is 0. The third kappa shape index (κ3) is 5.51. The predicted octanol–water partition coefficient (Wildman–Crippen LogP) is 16.0. The van der Waals surface area contributed by atoms with Gasteiger partial charge < -0.3 is 4.90 Å². The molecule has 1 nitrogen and oxygen atoms in total. The van der Waals surface area contributed by atoms with E-state index in [2.05, 4.69) is 205 Å². The van der Waals surface area contributed by atoms with Gasteiger partial charge in [0.15, 0.2) is 0 Å². The number of anilines is 3. The Morgan fingerprint density at radius 3 is 1.73 bits per heavy atom. The first-order valence-corrected chi connectivity index (χ1v) is 20.3. The highest BCUT2D eigenvalue weighted by Gasteiger charge is 2.18. The molecule has 0 aliphatic carbocycles. The topological polar surface area (TPSA) is 3.24 Å². The fourth-order valence-electron chi connectivity index (χ4n) is 8.23. The van der Waals surface area contributed by atoms with E-state index in [9.17, 15) is 0 Å². The summed E-state index contributed by atoms with van der Waals surface area (Å²) in [5.74, 6) is 0. The number of thiophene rings is 2. The standard InChI is InChI=1S/C52H33NS2/c1-2-12-36-31-38(26-25-34(36)11-1)37-13-7-15-41(32-37)53(40-29-27-35(28-30-40)44-20-9-21-46-45-17-3-5-22-48(45)55-52(44)46)42-16-8-14-39(33-42)43-19-10-24-50-51(43)47-18-4-6-23-49(47)54-50/h1-33H. The van der Waals surface area contributed by atoms with Crippen molar-refractivity contribution < 1.29 is 0 Å². The van der Waals surface area contributed by atoms with Crippen molar-refractivity contribution in [1.29, 1.82) is 0 Å². The Morgan fingerprint density at radius 1 is 0.309 bits per heavy atom. The highest BCUT2D eigenvalue weighted by atomic mass is 32.1. The lowest BCUT2D eigenvalue weighted by Gasteiger charge is -2.27. The molecule has 0 saturated carbocycles. The van der Waals surface area contributed by atoms with Gasteiger partial charge in [0.1, 0.15) is 0 Å². The Hall–Kier alpha value is -6.52. The average Bonchev–Trinajstić information content (AvgIpc) is 3.83. The molecule has 0 aliphatic rings. The van der Waals surface area contributed by atoms with E-state index >= 15 is 0 Å². The zero-order valence-electron chi connectivity index (χ0n) is 29.8. The predicted molar refractivity (Wildman–Crippen MR) is 241 cm³/mol. The lowest BCUT2D eigenvalue weighted by atomic mass is 9.98. The maximum absolute atomic E-state index is 2.41. The van der Waals surface area contributed by atoms with Gasteiger partial charge in [0, 0.05) is 57.4 Å². The molecule has 11 aromatic rings. The van der Waals surface area contributed by atoms with Crippen LogP contribution in [-0.4, -0.2) is 0 Å². The second-order valence-corrected chi connectivity index (χ2v) is 16.2. The van der Waals surface area contributed by atoms with Crippen LogP contribution in [0.2, 0.25) is 0 Å². The van der Waals surface area contributed by atoms with Crippen molar-refractivity contribution in [2.45, 2.75) is 0 Å². The van der Waals surface area contributed by atoms with Gasteiger partial charge in [0.25, 0.3) is 0 Å². The molecule has 2 aromatic heterocycles. The van der Waals surface area contributed by atoms with E-state index in [0.717, 1.165) is 17.1 Å². The van der Waals surface area contributed by atoms with Crippen LogP contribution in [0.3, 0.4) is 0 Å². The molecule has 0 aliphatic heterocycles. The fraction of sp³-hybridized carbons (Fsp3) is 0. The van der Waals surface area contributed by atoms with E-state index < -0.39 is 0 Å². The largest absolute Gasteiger partial charge is 0.310 e. The highest BCUT2D eigenvalue weighted by molar-refractivity contribution is 7.26. The van der Waals surface area contributed by atoms with Crippen molar-refractivity contribution in [2.24, 2.45) is 0 Å². The van der Waals surface area contributed by atoms with Crippen molar-refractivity contribution in [2.75, 3.05) is 4.90 Å². The van der Waals surface area contributed by atoms with Crippen LogP contribution in [0.5, 0.6) is 0 Å². The SMILES string of the molecule is c1cc(-c2ccc3ccccc3c2)cc(N(c2ccc(-c3cccc4c3sc3ccccc34)cc2)c2cccc(-c3cccc4sc5ccccc5c34)c2)c1. The van der Waals surface area contributed by atoms with Crippen LogP contribution in [0.25, 0.3) is 84.5 Å².